The number of rotatable bonds is 6. The minimum absolute atomic E-state index is 0.281. The van der Waals surface area contributed by atoms with Gasteiger partial charge in [0, 0.05) is 27.5 Å². The van der Waals surface area contributed by atoms with Crippen LogP contribution in [0.15, 0.2) is 76.8 Å². The predicted molar refractivity (Wildman–Crippen MR) is 111 cm³/mol. The number of quaternary nitrogens is 1. The number of aromatic nitrogens is 1. The molecule has 2 nitrogen and oxygen atoms in total. The Morgan fingerprint density at radius 1 is 0.923 bits per heavy atom. The Morgan fingerprint density at radius 3 is 2.42 bits per heavy atom. The lowest BCUT2D eigenvalue weighted by molar-refractivity contribution is -0.702. The van der Waals surface area contributed by atoms with Gasteiger partial charge in [0.05, 0.1) is 0 Å². The first-order valence-corrected chi connectivity index (χ1v) is 10.5. The number of nitrogens with zero attached hydrogens (tertiary/aromatic N) is 1. The summed E-state index contributed by atoms with van der Waals surface area (Å²) in [6.45, 7) is 3.00. The van der Waals surface area contributed by atoms with E-state index in [1.165, 1.54) is 22.3 Å². The molecule has 4 aromatic rings. The highest BCUT2D eigenvalue weighted by Crippen LogP contribution is 2.25. The van der Waals surface area contributed by atoms with Crippen molar-refractivity contribution >= 4 is 22.7 Å². The highest BCUT2D eigenvalue weighted by atomic mass is 32.1. The fourth-order valence-corrected chi connectivity index (χ4v) is 4.60. The van der Waals surface area contributed by atoms with E-state index < -0.39 is 0 Å². The average Bonchev–Trinajstić information content (AvgIpc) is 3.36. The third-order valence-electron chi connectivity index (χ3n) is 4.48. The summed E-state index contributed by atoms with van der Waals surface area (Å²) in [5, 5.41) is 9.94. The number of aryl methyl sites for hydroxylation is 1. The van der Waals surface area contributed by atoms with E-state index in [4.69, 9.17) is 4.98 Å². The maximum atomic E-state index is 4.82. The van der Waals surface area contributed by atoms with Gasteiger partial charge in [-0.3, -0.25) is 0 Å². The lowest BCUT2D eigenvalue weighted by Crippen LogP contribution is -2.84. The molecule has 26 heavy (non-hydrogen) atoms. The Labute approximate surface area is 162 Å². The Hall–Kier alpha value is -2.27. The van der Waals surface area contributed by atoms with Crippen molar-refractivity contribution in [3.8, 4) is 10.6 Å². The third kappa shape index (κ3) is 3.93. The molecule has 0 spiro atoms. The molecule has 0 radical (unpaired) electrons. The molecule has 0 saturated heterocycles. The number of hydrogen-bond donors (Lipinski definition) is 1. The molecule has 4 rings (SSSR count). The van der Waals surface area contributed by atoms with Crippen LogP contribution < -0.4 is 5.32 Å². The fraction of sp³-hybridized carbons (Fsp3) is 0.136. The van der Waals surface area contributed by atoms with Gasteiger partial charge in [-0.25, -0.2) is 4.98 Å². The summed E-state index contributed by atoms with van der Waals surface area (Å²) >= 11 is 3.44. The lowest BCUT2D eigenvalue weighted by atomic mass is 9.98. The summed E-state index contributed by atoms with van der Waals surface area (Å²) in [4.78, 5) is 4.82. The molecule has 4 heteroatoms. The van der Waals surface area contributed by atoms with Crippen LogP contribution in [0.25, 0.3) is 10.6 Å². The quantitative estimate of drug-likeness (QED) is 0.501. The monoisotopic (exact) mass is 377 g/mol. The van der Waals surface area contributed by atoms with E-state index in [9.17, 15) is 0 Å². The molecule has 0 aliphatic carbocycles. The van der Waals surface area contributed by atoms with Gasteiger partial charge in [0.25, 0.3) is 0 Å². The molecule has 2 aromatic carbocycles. The van der Waals surface area contributed by atoms with E-state index in [0.717, 1.165) is 17.2 Å². The number of thiazole rings is 1. The van der Waals surface area contributed by atoms with E-state index in [1.807, 2.05) is 0 Å². The largest absolute Gasteiger partial charge is 0.331 e. The molecular weight excluding hydrogens is 356 g/mol. The molecule has 0 amide bonds. The Morgan fingerprint density at radius 2 is 1.69 bits per heavy atom. The van der Waals surface area contributed by atoms with Gasteiger partial charge in [0.15, 0.2) is 0 Å². The van der Waals surface area contributed by atoms with Gasteiger partial charge >= 0.3 is 0 Å². The Balaban J connectivity index is 1.54. The zero-order chi connectivity index (χ0) is 17.8. The summed E-state index contributed by atoms with van der Waals surface area (Å²) in [5.41, 5.74) is 6.31. The molecular formula is C22H21N2S2+. The van der Waals surface area contributed by atoms with Crippen molar-refractivity contribution in [2.24, 2.45) is 0 Å². The molecule has 0 saturated carbocycles. The van der Waals surface area contributed by atoms with Gasteiger partial charge < -0.3 is 5.32 Å². The van der Waals surface area contributed by atoms with Crippen LogP contribution in [0.1, 0.15) is 28.4 Å². The van der Waals surface area contributed by atoms with E-state index in [1.54, 1.807) is 22.7 Å². The second-order valence-electron chi connectivity index (χ2n) is 6.39. The molecule has 2 heterocycles. The van der Waals surface area contributed by atoms with Crippen LogP contribution in [0.3, 0.4) is 0 Å². The molecule has 0 aliphatic rings. The zero-order valence-corrected chi connectivity index (χ0v) is 16.3. The van der Waals surface area contributed by atoms with Crippen LogP contribution in [0.2, 0.25) is 0 Å². The minimum atomic E-state index is 0.281. The summed E-state index contributed by atoms with van der Waals surface area (Å²) in [6, 6.07) is 22.0. The van der Waals surface area contributed by atoms with Crippen LogP contribution in [0, 0.1) is 6.92 Å². The standard InChI is InChI=1S/C22H20N2S2/c1-16-7-9-18(10-8-16)21(17-5-3-2-4-6-17)23-13-20-15-26-22(24-20)19-11-12-25-14-19/h2-12,14-15,21,23H,13H2,1H3/p+1/t21-/m1/s1. The van der Waals surface area contributed by atoms with E-state index >= 15 is 0 Å². The number of nitrogens with two attached hydrogens (primary N) is 1. The first-order valence-electron chi connectivity index (χ1n) is 8.71. The van der Waals surface area contributed by atoms with Crippen LogP contribution >= 0.6 is 22.7 Å². The smallest absolute Gasteiger partial charge is 0.138 e. The second kappa shape index (κ2) is 7.96. The topological polar surface area (TPSA) is 29.5 Å². The van der Waals surface area contributed by atoms with Crippen molar-refractivity contribution < 1.29 is 5.32 Å². The fourth-order valence-electron chi connectivity index (χ4n) is 3.06. The van der Waals surface area contributed by atoms with Gasteiger partial charge in [-0.05, 0) is 18.4 Å². The molecule has 0 fully saturated rings. The minimum Gasteiger partial charge on any atom is -0.331 e. The summed E-state index contributed by atoms with van der Waals surface area (Å²) in [5.74, 6) is 0. The number of benzene rings is 2. The van der Waals surface area contributed by atoms with E-state index in [2.05, 4.69) is 89.0 Å². The summed E-state index contributed by atoms with van der Waals surface area (Å²) < 4.78 is 0. The average molecular weight is 378 g/mol. The van der Waals surface area contributed by atoms with Gasteiger partial charge in [-0.2, -0.15) is 11.3 Å². The predicted octanol–water partition coefficient (Wildman–Crippen LogP) is 5.03. The van der Waals surface area contributed by atoms with Crippen molar-refractivity contribution in [2.45, 2.75) is 19.5 Å². The zero-order valence-electron chi connectivity index (χ0n) is 14.6. The van der Waals surface area contributed by atoms with Crippen molar-refractivity contribution in [3.63, 3.8) is 0 Å². The summed E-state index contributed by atoms with van der Waals surface area (Å²) in [7, 11) is 0. The van der Waals surface area contributed by atoms with Gasteiger partial charge in [-0.1, -0.05) is 60.2 Å². The molecule has 0 bridgehead atoms. The molecule has 0 unspecified atom stereocenters. The molecule has 2 aromatic heterocycles. The normalized spacial score (nSPS) is 12.2. The van der Waals surface area contributed by atoms with Crippen molar-refractivity contribution in [2.75, 3.05) is 0 Å². The van der Waals surface area contributed by atoms with E-state index in [-0.39, 0.29) is 6.04 Å². The Kier molecular flexibility index (Phi) is 5.25. The Bertz CT molecular complexity index is 942. The number of hydrogen-bond acceptors (Lipinski definition) is 3. The van der Waals surface area contributed by atoms with E-state index in [0.29, 0.717) is 0 Å². The lowest BCUT2D eigenvalue weighted by Gasteiger charge is -2.16. The summed E-state index contributed by atoms with van der Waals surface area (Å²) in [6.07, 6.45) is 0. The maximum Gasteiger partial charge on any atom is 0.138 e. The first kappa shape index (κ1) is 17.2. The van der Waals surface area contributed by atoms with Crippen LogP contribution in [-0.2, 0) is 6.54 Å². The van der Waals surface area contributed by atoms with Gasteiger partial charge in [-0.15, -0.1) is 11.3 Å². The van der Waals surface area contributed by atoms with Crippen molar-refractivity contribution in [1.82, 2.24) is 4.98 Å². The third-order valence-corrected chi connectivity index (χ3v) is 6.10. The van der Waals surface area contributed by atoms with Crippen molar-refractivity contribution in [3.05, 3.63) is 99.2 Å². The van der Waals surface area contributed by atoms with Crippen LogP contribution in [0.5, 0.6) is 0 Å². The highest BCUT2D eigenvalue weighted by Gasteiger charge is 2.18. The first-order chi connectivity index (χ1) is 12.8. The molecule has 1 atom stereocenters. The maximum absolute atomic E-state index is 4.82. The number of thiophene rings is 1. The van der Waals surface area contributed by atoms with Crippen molar-refractivity contribution in [1.29, 1.82) is 0 Å². The second-order valence-corrected chi connectivity index (χ2v) is 8.03. The van der Waals surface area contributed by atoms with Gasteiger partial charge in [0.1, 0.15) is 23.3 Å². The van der Waals surface area contributed by atoms with Gasteiger partial charge in [0.2, 0.25) is 0 Å². The van der Waals surface area contributed by atoms with Crippen LogP contribution in [-0.4, -0.2) is 4.98 Å². The molecule has 2 N–H and O–H groups in total. The molecule has 0 aliphatic heterocycles. The highest BCUT2D eigenvalue weighted by molar-refractivity contribution is 7.14. The van der Waals surface area contributed by atoms with Crippen LogP contribution in [0.4, 0.5) is 0 Å². The molecule has 130 valence electrons. The SMILES string of the molecule is Cc1ccc([C@H]([NH2+]Cc2csc(-c3ccsc3)n2)c2ccccc2)cc1.